The third-order valence-corrected chi connectivity index (χ3v) is 3.72. The van der Waals surface area contributed by atoms with Crippen LogP contribution in [0.1, 0.15) is 33.6 Å². The first-order valence-corrected chi connectivity index (χ1v) is 5.81. The van der Waals surface area contributed by atoms with Gasteiger partial charge in [0.1, 0.15) is 0 Å². The van der Waals surface area contributed by atoms with E-state index in [2.05, 4.69) is 5.32 Å². The summed E-state index contributed by atoms with van der Waals surface area (Å²) in [7, 11) is 1.88. The second kappa shape index (κ2) is 3.40. The molecule has 1 aromatic rings. The van der Waals surface area contributed by atoms with Gasteiger partial charge < -0.3 is 5.32 Å². The maximum atomic E-state index is 12.1. The Bertz CT molecular complexity index is 471. The summed E-state index contributed by atoms with van der Waals surface area (Å²) in [6, 6.07) is 7.01. The first kappa shape index (κ1) is 10.5. The summed E-state index contributed by atoms with van der Waals surface area (Å²) in [5.74, 6) is -0.320. The quantitative estimate of drug-likeness (QED) is 0.789. The van der Waals surface area contributed by atoms with Crippen molar-refractivity contribution in [2.24, 2.45) is 0 Å². The van der Waals surface area contributed by atoms with Gasteiger partial charge in [-0.15, -0.1) is 0 Å². The Labute approximate surface area is 99.6 Å². The maximum absolute atomic E-state index is 12.1. The van der Waals surface area contributed by atoms with Crippen LogP contribution in [0.5, 0.6) is 0 Å². The number of nitrogens with zero attached hydrogens (tertiary/aromatic N) is 1. The molecule has 1 aliphatic heterocycles. The van der Waals surface area contributed by atoms with Crippen molar-refractivity contribution in [3.05, 3.63) is 35.4 Å². The van der Waals surface area contributed by atoms with Crippen molar-refractivity contribution in [1.82, 2.24) is 10.2 Å². The molecule has 0 spiro atoms. The zero-order valence-electron chi connectivity index (χ0n) is 9.69. The Kier molecular flexibility index (Phi) is 2.10. The first-order chi connectivity index (χ1) is 8.17. The third kappa shape index (κ3) is 1.48. The summed E-state index contributed by atoms with van der Waals surface area (Å²) in [5.41, 5.74) is 1.03. The van der Waals surface area contributed by atoms with Crippen molar-refractivity contribution in [1.29, 1.82) is 0 Å². The van der Waals surface area contributed by atoms with Crippen LogP contribution in [0.4, 0.5) is 0 Å². The Hall–Kier alpha value is -1.68. The number of benzene rings is 1. The topological polar surface area (TPSA) is 49.4 Å². The molecule has 1 saturated carbocycles. The zero-order chi connectivity index (χ0) is 12.0. The van der Waals surface area contributed by atoms with Gasteiger partial charge in [-0.1, -0.05) is 12.1 Å². The number of nitrogens with one attached hydrogen (secondary N) is 1. The molecule has 1 fully saturated rings. The van der Waals surface area contributed by atoms with Crippen molar-refractivity contribution < 1.29 is 9.59 Å². The van der Waals surface area contributed by atoms with E-state index >= 15 is 0 Å². The van der Waals surface area contributed by atoms with E-state index in [0.717, 1.165) is 12.8 Å². The fourth-order valence-corrected chi connectivity index (χ4v) is 2.32. The van der Waals surface area contributed by atoms with Gasteiger partial charge in [-0.3, -0.25) is 14.5 Å². The second-order valence-electron chi connectivity index (χ2n) is 4.77. The lowest BCUT2D eigenvalue weighted by Crippen LogP contribution is -2.44. The molecule has 0 radical (unpaired) electrons. The Morgan fingerprint density at radius 3 is 2.12 bits per heavy atom. The Morgan fingerprint density at radius 1 is 1.18 bits per heavy atom. The summed E-state index contributed by atoms with van der Waals surface area (Å²) in [6.45, 7) is 0.482. The van der Waals surface area contributed by atoms with E-state index in [9.17, 15) is 9.59 Å². The molecule has 1 aliphatic carbocycles. The molecular formula is C13H14N2O2. The molecule has 1 N–H and O–H groups in total. The lowest BCUT2D eigenvalue weighted by Gasteiger charge is -2.21. The number of amides is 2. The molecule has 17 heavy (non-hydrogen) atoms. The minimum Gasteiger partial charge on any atom is -0.313 e. The van der Waals surface area contributed by atoms with Gasteiger partial charge in [0.05, 0.1) is 11.1 Å². The monoisotopic (exact) mass is 230 g/mol. The van der Waals surface area contributed by atoms with Crippen LogP contribution >= 0.6 is 0 Å². The van der Waals surface area contributed by atoms with Crippen molar-refractivity contribution in [3.63, 3.8) is 0 Å². The largest absolute Gasteiger partial charge is 0.313 e. The van der Waals surface area contributed by atoms with Crippen LogP contribution in [-0.4, -0.2) is 35.8 Å². The average Bonchev–Trinajstić information content (AvgIpc) is 3.10. The molecule has 2 aliphatic rings. The van der Waals surface area contributed by atoms with Gasteiger partial charge in [-0.05, 0) is 32.0 Å². The zero-order valence-corrected chi connectivity index (χ0v) is 9.69. The lowest BCUT2D eigenvalue weighted by atomic mass is 10.1. The molecule has 2 amide bonds. The average molecular weight is 230 g/mol. The standard InChI is InChI=1S/C13H14N2O2/c1-14-13(6-7-13)8-15-11(16)9-4-2-3-5-10(9)12(15)17/h2-5,14H,6-8H2,1H3. The van der Waals surface area contributed by atoms with E-state index in [1.165, 1.54) is 4.90 Å². The second-order valence-corrected chi connectivity index (χ2v) is 4.77. The van der Waals surface area contributed by atoms with Gasteiger partial charge in [0.2, 0.25) is 0 Å². The van der Waals surface area contributed by atoms with Crippen LogP contribution in [0.3, 0.4) is 0 Å². The molecule has 4 heteroatoms. The highest BCUT2D eigenvalue weighted by Crippen LogP contribution is 2.37. The van der Waals surface area contributed by atoms with E-state index in [0.29, 0.717) is 17.7 Å². The van der Waals surface area contributed by atoms with Crippen molar-refractivity contribution in [2.75, 3.05) is 13.6 Å². The predicted molar refractivity (Wildman–Crippen MR) is 62.8 cm³/mol. The highest BCUT2D eigenvalue weighted by atomic mass is 16.2. The number of carbonyl (C=O) groups excluding carboxylic acids is 2. The number of hydrogen-bond acceptors (Lipinski definition) is 3. The molecule has 4 nitrogen and oxygen atoms in total. The number of hydrogen-bond donors (Lipinski definition) is 1. The predicted octanol–water partition coefficient (Wildman–Crippen LogP) is 1.03. The summed E-state index contributed by atoms with van der Waals surface area (Å²) in [5, 5.41) is 3.20. The summed E-state index contributed by atoms with van der Waals surface area (Å²) in [6.07, 6.45) is 2.05. The molecule has 0 unspecified atom stereocenters. The fourth-order valence-electron chi connectivity index (χ4n) is 2.32. The van der Waals surface area contributed by atoms with Crippen LogP contribution < -0.4 is 5.32 Å². The van der Waals surface area contributed by atoms with Gasteiger partial charge in [0, 0.05) is 12.1 Å². The van der Waals surface area contributed by atoms with Crippen LogP contribution in [0.15, 0.2) is 24.3 Å². The van der Waals surface area contributed by atoms with Crippen molar-refractivity contribution in [3.8, 4) is 0 Å². The summed E-state index contributed by atoms with van der Waals surface area (Å²) < 4.78 is 0. The van der Waals surface area contributed by atoms with E-state index in [4.69, 9.17) is 0 Å². The molecule has 0 saturated heterocycles. The molecule has 0 atom stereocenters. The van der Waals surface area contributed by atoms with Crippen LogP contribution in [0.2, 0.25) is 0 Å². The molecule has 3 rings (SSSR count). The first-order valence-electron chi connectivity index (χ1n) is 5.81. The van der Waals surface area contributed by atoms with Crippen molar-refractivity contribution in [2.45, 2.75) is 18.4 Å². The smallest absolute Gasteiger partial charge is 0.261 e. The van der Waals surface area contributed by atoms with Crippen LogP contribution in [0.25, 0.3) is 0 Å². The minimum absolute atomic E-state index is 0.0344. The molecule has 88 valence electrons. The number of likely N-dealkylation sites (N-methyl/N-ethyl adjacent to an activating group) is 1. The minimum atomic E-state index is -0.160. The SMILES string of the molecule is CNC1(CN2C(=O)c3ccccc3C2=O)CC1. The number of imide groups is 1. The Morgan fingerprint density at radius 2 is 1.71 bits per heavy atom. The van der Waals surface area contributed by atoms with E-state index in [1.807, 2.05) is 7.05 Å². The maximum Gasteiger partial charge on any atom is 0.261 e. The molecule has 0 aromatic heterocycles. The van der Waals surface area contributed by atoms with Crippen LogP contribution in [0, 0.1) is 0 Å². The van der Waals surface area contributed by atoms with Gasteiger partial charge >= 0.3 is 0 Å². The highest BCUT2D eigenvalue weighted by molar-refractivity contribution is 6.21. The summed E-state index contributed by atoms with van der Waals surface area (Å²) >= 11 is 0. The summed E-state index contributed by atoms with van der Waals surface area (Å²) in [4.78, 5) is 25.6. The number of rotatable bonds is 3. The fraction of sp³-hybridized carbons (Fsp3) is 0.385. The Balaban J connectivity index is 1.90. The highest BCUT2D eigenvalue weighted by Gasteiger charge is 2.47. The van der Waals surface area contributed by atoms with Gasteiger partial charge in [-0.25, -0.2) is 0 Å². The molecule has 1 heterocycles. The van der Waals surface area contributed by atoms with E-state index in [-0.39, 0.29) is 17.4 Å². The molecular weight excluding hydrogens is 216 g/mol. The lowest BCUT2D eigenvalue weighted by molar-refractivity contribution is 0.0634. The van der Waals surface area contributed by atoms with Gasteiger partial charge in [0.25, 0.3) is 11.8 Å². The van der Waals surface area contributed by atoms with Gasteiger partial charge in [0.15, 0.2) is 0 Å². The van der Waals surface area contributed by atoms with Gasteiger partial charge in [-0.2, -0.15) is 0 Å². The molecule has 1 aromatic carbocycles. The normalized spacial score (nSPS) is 20.6. The number of carbonyl (C=O) groups is 2. The van der Waals surface area contributed by atoms with Crippen molar-refractivity contribution >= 4 is 11.8 Å². The van der Waals surface area contributed by atoms with E-state index < -0.39 is 0 Å². The van der Waals surface area contributed by atoms with Crippen LogP contribution in [-0.2, 0) is 0 Å². The van der Waals surface area contributed by atoms with E-state index in [1.54, 1.807) is 24.3 Å². The molecule has 0 bridgehead atoms. The third-order valence-electron chi connectivity index (χ3n) is 3.72. The number of fused-ring (bicyclic) bond motifs is 1.